The maximum Gasteiger partial charge on any atom is 0.162 e. The van der Waals surface area contributed by atoms with Gasteiger partial charge in [-0.1, -0.05) is 0 Å². The van der Waals surface area contributed by atoms with Crippen molar-refractivity contribution in [2.75, 3.05) is 6.54 Å². The third kappa shape index (κ3) is 2.91. The van der Waals surface area contributed by atoms with E-state index in [2.05, 4.69) is 10.3 Å². The van der Waals surface area contributed by atoms with Gasteiger partial charge in [-0.05, 0) is 19.1 Å². The number of nitrogens with zero attached hydrogens (tertiary/aromatic N) is 1. The Balaban J connectivity index is 1.93. The number of thiazole rings is 1. The topological polar surface area (TPSA) is 58.3 Å². The summed E-state index contributed by atoms with van der Waals surface area (Å²) in [5.74, 6) is 0.798. The minimum atomic E-state index is -0.330. The van der Waals surface area contributed by atoms with Crippen LogP contribution in [0.2, 0.25) is 0 Å². The molecule has 0 fully saturated rings. The van der Waals surface area contributed by atoms with E-state index >= 15 is 0 Å². The van der Waals surface area contributed by atoms with Crippen LogP contribution < -0.4 is 5.32 Å². The van der Waals surface area contributed by atoms with Crippen molar-refractivity contribution < 1.29 is 9.52 Å². The van der Waals surface area contributed by atoms with Gasteiger partial charge in [0.25, 0.3) is 0 Å². The molecule has 4 nitrogen and oxygen atoms in total. The number of furan rings is 1. The molecule has 2 aromatic rings. The lowest BCUT2D eigenvalue weighted by Gasteiger charge is -2.04. The van der Waals surface area contributed by atoms with Crippen LogP contribution in [0.15, 0.2) is 28.2 Å². The Morgan fingerprint density at radius 1 is 1.62 bits per heavy atom. The number of nitrogens with one attached hydrogen (secondary N) is 1. The van der Waals surface area contributed by atoms with E-state index in [-0.39, 0.29) is 6.10 Å². The largest absolute Gasteiger partial charge is 0.462 e. The first-order chi connectivity index (χ1) is 7.75. The summed E-state index contributed by atoms with van der Waals surface area (Å²) in [5.41, 5.74) is 0.969. The molecule has 0 aliphatic heterocycles. The van der Waals surface area contributed by atoms with Gasteiger partial charge in [-0.15, -0.1) is 11.3 Å². The zero-order chi connectivity index (χ0) is 11.4. The van der Waals surface area contributed by atoms with E-state index in [0.29, 0.717) is 13.1 Å². The van der Waals surface area contributed by atoms with Crippen molar-refractivity contribution in [1.29, 1.82) is 0 Å². The van der Waals surface area contributed by atoms with E-state index in [1.165, 1.54) is 0 Å². The highest BCUT2D eigenvalue weighted by Crippen LogP contribution is 2.23. The molecule has 16 heavy (non-hydrogen) atoms. The van der Waals surface area contributed by atoms with E-state index in [1.54, 1.807) is 24.5 Å². The lowest BCUT2D eigenvalue weighted by atomic mass is 10.4. The number of hydrogen-bond acceptors (Lipinski definition) is 5. The second-order valence-electron chi connectivity index (χ2n) is 3.60. The molecule has 2 N–H and O–H groups in total. The average molecular weight is 238 g/mol. The number of aromatic nitrogens is 1. The van der Waals surface area contributed by atoms with Gasteiger partial charge in [0, 0.05) is 18.5 Å². The molecule has 5 heteroatoms. The van der Waals surface area contributed by atoms with Crippen molar-refractivity contribution >= 4 is 11.3 Å². The first kappa shape index (κ1) is 11.3. The molecule has 0 spiro atoms. The smallest absolute Gasteiger partial charge is 0.162 e. The molecule has 2 aromatic heterocycles. The molecule has 0 aliphatic rings. The second-order valence-corrected chi connectivity index (χ2v) is 4.46. The Morgan fingerprint density at radius 2 is 2.50 bits per heavy atom. The molecule has 0 bridgehead atoms. The number of hydrogen-bond donors (Lipinski definition) is 2. The molecule has 0 unspecified atom stereocenters. The SMILES string of the molecule is C[C@@H](O)CNCc1csc(-c2ccco2)n1. The second kappa shape index (κ2) is 5.25. The summed E-state index contributed by atoms with van der Waals surface area (Å²) in [6.45, 7) is 3.00. The monoisotopic (exact) mass is 238 g/mol. The maximum absolute atomic E-state index is 9.09. The van der Waals surface area contributed by atoms with Gasteiger partial charge in [0.1, 0.15) is 0 Å². The molecule has 0 saturated carbocycles. The zero-order valence-corrected chi connectivity index (χ0v) is 9.83. The van der Waals surface area contributed by atoms with Gasteiger partial charge in [0.2, 0.25) is 0 Å². The van der Waals surface area contributed by atoms with Gasteiger partial charge >= 0.3 is 0 Å². The van der Waals surface area contributed by atoms with Crippen LogP contribution in [0.4, 0.5) is 0 Å². The van der Waals surface area contributed by atoms with Crippen LogP contribution >= 0.6 is 11.3 Å². The fraction of sp³-hybridized carbons (Fsp3) is 0.364. The summed E-state index contributed by atoms with van der Waals surface area (Å²) in [4.78, 5) is 4.43. The highest BCUT2D eigenvalue weighted by molar-refractivity contribution is 7.13. The highest BCUT2D eigenvalue weighted by atomic mass is 32.1. The van der Waals surface area contributed by atoms with Crippen LogP contribution in [0, 0.1) is 0 Å². The molecule has 0 aliphatic carbocycles. The molecule has 0 saturated heterocycles. The van der Waals surface area contributed by atoms with Crippen molar-refractivity contribution in [2.45, 2.75) is 19.6 Å². The number of aliphatic hydroxyl groups is 1. The van der Waals surface area contributed by atoms with Gasteiger partial charge in [0.05, 0.1) is 18.1 Å². The van der Waals surface area contributed by atoms with E-state index in [4.69, 9.17) is 9.52 Å². The standard InChI is InChI=1S/C11H14N2O2S/c1-8(14)5-12-6-9-7-16-11(13-9)10-3-2-4-15-10/h2-4,7-8,12,14H,5-6H2,1H3/t8-/m1/s1. The van der Waals surface area contributed by atoms with Crippen LogP contribution in [0.25, 0.3) is 10.8 Å². The van der Waals surface area contributed by atoms with E-state index in [1.807, 2.05) is 17.5 Å². The highest BCUT2D eigenvalue weighted by Gasteiger charge is 2.06. The summed E-state index contributed by atoms with van der Waals surface area (Å²) in [7, 11) is 0. The molecule has 0 radical (unpaired) electrons. The third-order valence-corrected chi connectivity index (χ3v) is 2.94. The average Bonchev–Trinajstić information content (AvgIpc) is 2.85. The molecular formula is C11H14N2O2S. The minimum absolute atomic E-state index is 0.330. The van der Waals surface area contributed by atoms with Crippen molar-refractivity contribution in [3.8, 4) is 10.8 Å². The molecule has 1 atom stereocenters. The molecular weight excluding hydrogens is 224 g/mol. The van der Waals surface area contributed by atoms with Gasteiger partial charge < -0.3 is 14.8 Å². The quantitative estimate of drug-likeness (QED) is 0.835. The predicted octanol–water partition coefficient (Wildman–Crippen LogP) is 1.87. The Bertz CT molecular complexity index is 423. The first-order valence-electron chi connectivity index (χ1n) is 5.13. The maximum atomic E-state index is 9.09. The summed E-state index contributed by atoms with van der Waals surface area (Å²) < 4.78 is 5.26. The van der Waals surface area contributed by atoms with Crippen molar-refractivity contribution in [3.05, 3.63) is 29.5 Å². The van der Waals surface area contributed by atoms with Gasteiger partial charge in [-0.2, -0.15) is 0 Å². The summed E-state index contributed by atoms with van der Waals surface area (Å²) >= 11 is 1.56. The van der Waals surface area contributed by atoms with Crippen molar-refractivity contribution in [2.24, 2.45) is 0 Å². The predicted molar refractivity (Wildman–Crippen MR) is 63.2 cm³/mol. The Kier molecular flexibility index (Phi) is 3.71. The van der Waals surface area contributed by atoms with Gasteiger partial charge in [-0.3, -0.25) is 0 Å². The fourth-order valence-corrected chi connectivity index (χ4v) is 2.10. The lowest BCUT2D eigenvalue weighted by Crippen LogP contribution is -2.23. The summed E-state index contributed by atoms with van der Waals surface area (Å²) in [5, 5.41) is 15.1. The number of rotatable bonds is 5. The zero-order valence-electron chi connectivity index (χ0n) is 9.01. The van der Waals surface area contributed by atoms with Crippen LogP contribution in [-0.4, -0.2) is 22.7 Å². The minimum Gasteiger partial charge on any atom is -0.462 e. The van der Waals surface area contributed by atoms with Gasteiger partial charge in [0.15, 0.2) is 10.8 Å². The number of aliphatic hydroxyl groups excluding tert-OH is 1. The van der Waals surface area contributed by atoms with Crippen LogP contribution in [0.5, 0.6) is 0 Å². The van der Waals surface area contributed by atoms with Crippen molar-refractivity contribution in [3.63, 3.8) is 0 Å². The Labute approximate surface area is 97.9 Å². The first-order valence-corrected chi connectivity index (χ1v) is 6.00. The van der Waals surface area contributed by atoms with Gasteiger partial charge in [-0.25, -0.2) is 4.98 Å². The van der Waals surface area contributed by atoms with Crippen molar-refractivity contribution in [1.82, 2.24) is 10.3 Å². The summed E-state index contributed by atoms with van der Waals surface area (Å²) in [6.07, 6.45) is 1.31. The van der Waals surface area contributed by atoms with E-state index in [9.17, 15) is 0 Å². The fourth-order valence-electron chi connectivity index (χ4n) is 1.31. The van der Waals surface area contributed by atoms with Crippen LogP contribution in [0.1, 0.15) is 12.6 Å². The Morgan fingerprint density at radius 3 is 3.19 bits per heavy atom. The normalized spacial score (nSPS) is 12.9. The Hall–Kier alpha value is -1.17. The third-order valence-electron chi connectivity index (χ3n) is 2.03. The molecule has 86 valence electrons. The lowest BCUT2D eigenvalue weighted by molar-refractivity contribution is 0.191. The van der Waals surface area contributed by atoms with Crippen LogP contribution in [-0.2, 0) is 6.54 Å². The summed E-state index contributed by atoms with van der Waals surface area (Å²) in [6, 6.07) is 3.74. The molecule has 0 amide bonds. The van der Waals surface area contributed by atoms with E-state index in [0.717, 1.165) is 16.5 Å². The molecule has 0 aromatic carbocycles. The van der Waals surface area contributed by atoms with Crippen LogP contribution in [0.3, 0.4) is 0 Å². The van der Waals surface area contributed by atoms with E-state index < -0.39 is 0 Å². The molecule has 2 rings (SSSR count). The molecule has 2 heterocycles.